The number of anilines is 1. The first-order valence-electron chi connectivity index (χ1n) is 12.7. The first-order valence-corrected chi connectivity index (χ1v) is 13.0. The smallest absolute Gasteiger partial charge is 0.414 e. The van der Waals surface area contributed by atoms with Gasteiger partial charge in [0.2, 0.25) is 5.78 Å². The van der Waals surface area contributed by atoms with Gasteiger partial charge in [-0.15, -0.1) is 0 Å². The van der Waals surface area contributed by atoms with E-state index >= 15 is 0 Å². The van der Waals surface area contributed by atoms with Gasteiger partial charge in [0, 0.05) is 61.7 Å². The molecular weight excluding hydrogens is 510 g/mol. The zero-order valence-corrected chi connectivity index (χ0v) is 22.6. The van der Waals surface area contributed by atoms with E-state index in [1.807, 2.05) is 19.3 Å². The molecule has 1 fully saturated rings. The second-order valence-corrected chi connectivity index (χ2v) is 9.80. The number of fused-ring (bicyclic) bond motifs is 1. The second-order valence-electron chi connectivity index (χ2n) is 9.39. The lowest BCUT2D eigenvalue weighted by molar-refractivity contribution is 0.00468. The molecule has 1 saturated heterocycles. The number of hydrogen-bond acceptors (Lipinski definition) is 7. The minimum absolute atomic E-state index is 0.0123. The Labute approximate surface area is 225 Å². The minimum Gasteiger partial charge on any atom is -0.450 e. The molecule has 0 unspecified atom stereocenters. The quantitative estimate of drug-likeness (QED) is 0.291. The summed E-state index contributed by atoms with van der Waals surface area (Å²) in [5, 5.41) is 9.42. The van der Waals surface area contributed by atoms with Crippen molar-refractivity contribution in [2.75, 3.05) is 18.1 Å². The van der Waals surface area contributed by atoms with Gasteiger partial charge in [0.1, 0.15) is 11.3 Å². The first kappa shape index (κ1) is 26.0. The van der Waals surface area contributed by atoms with Crippen LogP contribution in [0.1, 0.15) is 49.2 Å². The van der Waals surface area contributed by atoms with E-state index in [1.165, 1.54) is 6.20 Å². The Bertz CT molecular complexity index is 1490. The number of aromatic nitrogens is 4. The summed E-state index contributed by atoms with van der Waals surface area (Å²) < 4.78 is 20.8. The van der Waals surface area contributed by atoms with Crippen LogP contribution in [0.15, 0.2) is 41.3 Å². The van der Waals surface area contributed by atoms with Crippen LogP contribution in [0, 0.1) is 0 Å². The summed E-state index contributed by atoms with van der Waals surface area (Å²) in [6.45, 7) is 4.48. The van der Waals surface area contributed by atoms with Crippen LogP contribution in [0.5, 0.6) is 0 Å². The standard InChI is InChI=1S/C27H30ClN5O5/c1-5-19-9-18(7-8-37-19)33(27(35)36-6-2)24-21-10-20(16-12-29-31(3)14-16)22(28)11-23(21)38-26(24)25(34)17-13-30-32(4)15-17/h10-15,18-19H,5-9H2,1-4H3/t18-,19-/m0/s1. The molecule has 1 aliphatic rings. The van der Waals surface area contributed by atoms with E-state index in [1.54, 1.807) is 46.7 Å². The predicted octanol–water partition coefficient (Wildman–Crippen LogP) is 5.37. The van der Waals surface area contributed by atoms with Crippen molar-refractivity contribution in [3.8, 4) is 11.1 Å². The normalized spacial score (nSPS) is 17.6. The fourth-order valence-corrected chi connectivity index (χ4v) is 5.21. The van der Waals surface area contributed by atoms with Crippen LogP contribution < -0.4 is 4.90 Å². The van der Waals surface area contributed by atoms with Gasteiger partial charge in [0.05, 0.1) is 35.7 Å². The zero-order chi connectivity index (χ0) is 27.0. The average Bonchev–Trinajstić information content (AvgIpc) is 3.62. The van der Waals surface area contributed by atoms with Crippen LogP contribution >= 0.6 is 11.6 Å². The lowest BCUT2D eigenvalue weighted by Gasteiger charge is -2.36. The number of nitrogens with zero attached hydrogens (tertiary/aromatic N) is 5. The summed E-state index contributed by atoms with van der Waals surface area (Å²) in [5.41, 5.74) is 2.59. The monoisotopic (exact) mass is 539 g/mol. The Hall–Kier alpha value is -3.63. The van der Waals surface area contributed by atoms with Crippen molar-refractivity contribution >= 4 is 40.1 Å². The van der Waals surface area contributed by atoms with Gasteiger partial charge in [0.15, 0.2) is 5.76 Å². The number of rotatable bonds is 7. The highest BCUT2D eigenvalue weighted by Crippen LogP contribution is 2.43. The number of carbonyl (C=O) groups excluding carboxylic acids is 2. The van der Waals surface area contributed by atoms with E-state index in [0.717, 1.165) is 12.0 Å². The van der Waals surface area contributed by atoms with Gasteiger partial charge >= 0.3 is 6.09 Å². The molecule has 0 bridgehead atoms. The molecule has 38 heavy (non-hydrogen) atoms. The number of amides is 1. The lowest BCUT2D eigenvalue weighted by atomic mass is 9.98. The third-order valence-corrected chi connectivity index (χ3v) is 7.12. The maximum atomic E-state index is 13.8. The molecule has 0 spiro atoms. The highest BCUT2D eigenvalue weighted by molar-refractivity contribution is 6.34. The van der Waals surface area contributed by atoms with Crippen LogP contribution in [0.25, 0.3) is 22.1 Å². The lowest BCUT2D eigenvalue weighted by Crippen LogP contribution is -2.46. The highest BCUT2D eigenvalue weighted by atomic mass is 35.5. The molecule has 0 aliphatic carbocycles. The van der Waals surface area contributed by atoms with Crippen molar-refractivity contribution in [1.29, 1.82) is 0 Å². The number of furan rings is 1. The molecule has 1 amide bonds. The number of halogens is 1. The molecule has 1 aliphatic heterocycles. The number of ether oxygens (including phenoxy) is 2. The highest BCUT2D eigenvalue weighted by Gasteiger charge is 2.38. The van der Waals surface area contributed by atoms with E-state index in [9.17, 15) is 9.59 Å². The first-order chi connectivity index (χ1) is 18.3. The fraction of sp³-hybridized carbons (Fsp3) is 0.407. The number of hydrogen-bond donors (Lipinski definition) is 0. The van der Waals surface area contributed by atoms with Crippen molar-refractivity contribution < 1.29 is 23.5 Å². The summed E-state index contributed by atoms with van der Waals surface area (Å²) in [7, 11) is 3.55. The van der Waals surface area contributed by atoms with Gasteiger partial charge in [-0.1, -0.05) is 18.5 Å². The molecule has 0 N–H and O–H groups in total. The molecule has 11 heteroatoms. The number of ketones is 1. The molecular formula is C27H30ClN5O5. The van der Waals surface area contributed by atoms with Crippen molar-refractivity contribution in [1.82, 2.24) is 19.6 Å². The van der Waals surface area contributed by atoms with Gasteiger partial charge in [-0.25, -0.2) is 4.79 Å². The number of aryl methyl sites for hydroxylation is 2. The van der Waals surface area contributed by atoms with Crippen LogP contribution in [0.2, 0.25) is 5.02 Å². The van der Waals surface area contributed by atoms with E-state index < -0.39 is 11.9 Å². The summed E-state index contributed by atoms with van der Waals surface area (Å²) in [5.74, 6) is -0.364. The molecule has 0 radical (unpaired) electrons. The van der Waals surface area contributed by atoms with E-state index in [-0.39, 0.29) is 24.5 Å². The van der Waals surface area contributed by atoms with E-state index in [2.05, 4.69) is 17.1 Å². The van der Waals surface area contributed by atoms with Crippen molar-refractivity contribution in [3.63, 3.8) is 0 Å². The van der Waals surface area contributed by atoms with E-state index in [0.29, 0.717) is 52.3 Å². The van der Waals surface area contributed by atoms with Crippen LogP contribution in [0.3, 0.4) is 0 Å². The number of carbonyl (C=O) groups is 2. The zero-order valence-electron chi connectivity index (χ0n) is 21.8. The molecule has 200 valence electrons. The largest absolute Gasteiger partial charge is 0.450 e. The van der Waals surface area contributed by atoms with Crippen molar-refractivity contribution in [2.24, 2.45) is 14.1 Å². The maximum Gasteiger partial charge on any atom is 0.414 e. The Kier molecular flexibility index (Phi) is 7.27. The average molecular weight is 540 g/mol. The van der Waals surface area contributed by atoms with Gasteiger partial charge in [0.25, 0.3) is 0 Å². The van der Waals surface area contributed by atoms with Crippen LogP contribution in [0.4, 0.5) is 10.5 Å². The van der Waals surface area contributed by atoms with Crippen LogP contribution in [-0.2, 0) is 23.6 Å². The van der Waals surface area contributed by atoms with E-state index in [4.69, 9.17) is 25.5 Å². The van der Waals surface area contributed by atoms with Gasteiger partial charge in [-0.05, 0) is 32.3 Å². The molecule has 4 heterocycles. The topological polar surface area (TPSA) is 105 Å². The minimum atomic E-state index is -0.546. The molecule has 2 atom stereocenters. The van der Waals surface area contributed by atoms with Crippen molar-refractivity contribution in [2.45, 2.75) is 45.3 Å². The molecule has 5 rings (SSSR count). The summed E-state index contributed by atoms with van der Waals surface area (Å²) in [4.78, 5) is 28.9. The Balaban J connectivity index is 1.75. The van der Waals surface area contributed by atoms with Crippen LogP contribution in [-0.4, -0.2) is 56.8 Å². The molecule has 0 saturated carbocycles. The Morgan fingerprint density at radius 2 is 1.92 bits per heavy atom. The van der Waals surface area contributed by atoms with Gasteiger partial charge in [-0.3, -0.25) is 19.1 Å². The summed E-state index contributed by atoms with van der Waals surface area (Å²) in [6.07, 6.45) is 8.09. The third-order valence-electron chi connectivity index (χ3n) is 6.81. The third kappa shape index (κ3) is 4.81. The SMILES string of the molecule is CCOC(=O)N(c1c(C(=O)c2cnn(C)c2)oc2cc(Cl)c(-c3cnn(C)c3)cc12)[C@H]1CCO[C@@H](CC)C1. The Morgan fingerprint density at radius 1 is 1.16 bits per heavy atom. The number of benzene rings is 1. The molecule has 3 aromatic heterocycles. The Morgan fingerprint density at radius 3 is 2.58 bits per heavy atom. The van der Waals surface area contributed by atoms with Crippen molar-refractivity contribution in [3.05, 3.63) is 53.3 Å². The summed E-state index contributed by atoms with van der Waals surface area (Å²) in [6, 6.07) is 3.26. The summed E-state index contributed by atoms with van der Waals surface area (Å²) >= 11 is 6.67. The predicted molar refractivity (Wildman–Crippen MR) is 143 cm³/mol. The molecule has 10 nitrogen and oxygen atoms in total. The molecule has 1 aromatic carbocycles. The van der Waals surface area contributed by atoms with Gasteiger partial charge < -0.3 is 13.9 Å². The maximum absolute atomic E-state index is 13.8. The van der Waals surface area contributed by atoms with Gasteiger partial charge in [-0.2, -0.15) is 10.2 Å². The molecule has 4 aromatic rings. The fourth-order valence-electron chi connectivity index (χ4n) is 4.94. The second kappa shape index (κ2) is 10.6.